The van der Waals surface area contributed by atoms with E-state index in [1.165, 1.54) is 7.11 Å². The number of Topliss-reactive ketones (excluding diaryl/α,β-unsaturated/α-hetero) is 1. The Bertz CT molecular complexity index is 1070. The third-order valence-corrected chi connectivity index (χ3v) is 5.21. The molecular formula is C25H22O5. The Hall–Kier alpha value is -3.60. The van der Waals surface area contributed by atoms with Crippen LogP contribution in [0.1, 0.15) is 49.9 Å². The van der Waals surface area contributed by atoms with Crippen LogP contribution in [0, 0.1) is 6.92 Å². The SMILES string of the molecule is COC(=O)c1ccc(C(Oc2ccc3c(c2C)OCCC3=O)c2ccccc2)cc1. The van der Waals surface area contributed by atoms with Gasteiger partial charge in [-0.2, -0.15) is 0 Å². The van der Waals surface area contributed by atoms with E-state index in [9.17, 15) is 9.59 Å². The molecule has 0 aliphatic carbocycles. The highest BCUT2D eigenvalue weighted by molar-refractivity contribution is 6.00. The zero-order valence-corrected chi connectivity index (χ0v) is 16.9. The van der Waals surface area contributed by atoms with Crippen LogP contribution >= 0.6 is 0 Å². The lowest BCUT2D eigenvalue weighted by Crippen LogP contribution is -2.17. The Morgan fingerprint density at radius 1 is 0.967 bits per heavy atom. The second-order valence-electron chi connectivity index (χ2n) is 7.11. The number of hydrogen-bond acceptors (Lipinski definition) is 5. The summed E-state index contributed by atoms with van der Waals surface area (Å²) in [7, 11) is 1.36. The highest BCUT2D eigenvalue weighted by Crippen LogP contribution is 2.38. The third-order valence-electron chi connectivity index (χ3n) is 5.21. The van der Waals surface area contributed by atoms with E-state index in [0.717, 1.165) is 16.7 Å². The van der Waals surface area contributed by atoms with Crippen molar-refractivity contribution in [2.75, 3.05) is 13.7 Å². The maximum atomic E-state index is 12.2. The van der Waals surface area contributed by atoms with Gasteiger partial charge >= 0.3 is 5.97 Å². The van der Waals surface area contributed by atoms with Crippen LogP contribution < -0.4 is 9.47 Å². The lowest BCUT2D eigenvalue weighted by atomic mass is 9.99. The summed E-state index contributed by atoms with van der Waals surface area (Å²) in [5, 5.41) is 0. The van der Waals surface area contributed by atoms with Gasteiger partial charge in [-0.3, -0.25) is 4.79 Å². The minimum Gasteiger partial charge on any atom is -0.492 e. The molecule has 0 radical (unpaired) electrons. The van der Waals surface area contributed by atoms with Gasteiger partial charge in [-0.05, 0) is 42.3 Å². The second-order valence-corrected chi connectivity index (χ2v) is 7.11. The molecule has 30 heavy (non-hydrogen) atoms. The topological polar surface area (TPSA) is 61.8 Å². The molecule has 0 bridgehead atoms. The normalized spacial score (nSPS) is 13.7. The molecular weight excluding hydrogens is 380 g/mol. The molecule has 1 unspecified atom stereocenters. The molecule has 5 nitrogen and oxygen atoms in total. The fraction of sp³-hybridized carbons (Fsp3) is 0.200. The number of fused-ring (bicyclic) bond motifs is 1. The van der Waals surface area contributed by atoms with Gasteiger partial charge in [0.15, 0.2) is 5.78 Å². The molecule has 4 rings (SSSR count). The van der Waals surface area contributed by atoms with Gasteiger partial charge in [0.1, 0.15) is 17.6 Å². The Kier molecular flexibility index (Phi) is 5.53. The number of carbonyl (C=O) groups excluding carboxylic acids is 2. The molecule has 0 N–H and O–H groups in total. The quantitative estimate of drug-likeness (QED) is 0.567. The van der Waals surface area contributed by atoms with Crippen molar-refractivity contribution < 1.29 is 23.8 Å². The summed E-state index contributed by atoms with van der Waals surface area (Å²) >= 11 is 0. The smallest absolute Gasteiger partial charge is 0.337 e. The maximum absolute atomic E-state index is 12.2. The molecule has 1 aliphatic heterocycles. The van der Waals surface area contributed by atoms with Gasteiger partial charge in [-0.1, -0.05) is 42.5 Å². The van der Waals surface area contributed by atoms with Gasteiger partial charge in [0.2, 0.25) is 0 Å². The average Bonchev–Trinajstić information content (AvgIpc) is 2.79. The van der Waals surface area contributed by atoms with Gasteiger partial charge in [-0.15, -0.1) is 0 Å². The van der Waals surface area contributed by atoms with Crippen molar-refractivity contribution in [2.24, 2.45) is 0 Å². The summed E-state index contributed by atoms with van der Waals surface area (Å²) in [6.45, 7) is 2.28. The van der Waals surface area contributed by atoms with E-state index in [2.05, 4.69) is 0 Å². The summed E-state index contributed by atoms with van der Waals surface area (Å²) in [5.74, 6) is 0.945. The lowest BCUT2D eigenvalue weighted by molar-refractivity contribution is 0.0600. The molecule has 0 spiro atoms. The molecule has 5 heteroatoms. The summed E-state index contributed by atoms with van der Waals surface area (Å²) in [5.41, 5.74) is 3.74. The summed E-state index contributed by atoms with van der Waals surface area (Å²) in [4.78, 5) is 23.9. The number of hydrogen-bond donors (Lipinski definition) is 0. The molecule has 1 atom stereocenters. The molecule has 3 aromatic rings. The van der Waals surface area contributed by atoms with Crippen molar-refractivity contribution >= 4 is 11.8 Å². The molecule has 0 aromatic heterocycles. The summed E-state index contributed by atoms with van der Waals surface area (Å²) in [6, 6.07) is 20.6. The van der Waals surface area contributed by atoms with E-state index in [4.69, 9.17) is 14.2 Å². The molecule has 0 amide bonds. The first kappa shape index (κ1) is 19.7. The number of ketones is 1. The standard InChI is InChI=1S/C25H22O5/c1-16-22(13-12-20-21(26)14-15-29-23(16)20)30-24(17-6-4-3-5-7-17)18-8-10-19(11-9-18)25(27)28-2/h3-13,24H,14-15H2,1-2H3. The van der Waals surface area contributed by atoms with E-state index < -0.39 is 6.10 Å². The largest absolute Gasteiger partial charge is 0.492 e. The molecule has 1 heterocycles. The van der Waals surface area contributed by atoms with E-state index in [1.54, 1.807) is 18.2 Å². The zero-order chi connectivity index (χ0) is 21.1. The van der Waals surface area contributed by atoms with Crippen LogP contribution in [0.25, 0.3) is 0 Å². The number of rotatable bonds is 5. The van der Waals surface area contributed by atoms with Crippen molar-refractivity contribution in [3.05, 3.63) is 94.5 Å². The van der Waals surface area contributed by atoms with E-state index >= 15 is 0 Å². The predicted molar refractivity (Wildman–Crippen MR) is 112 cm³/mol. The fourth-order valence-corrected chi connectivity index (χ4v) is 3.58. The Balaban J connectivity index is 1.72. The summed E-state index contributed by atoms with van der Waals surface area (Å²) < 4.78 is 17.0. The highest BCUT2D eigenvalue weighted by Gasteiger charge is 2.24. The monoisotopic (exact) mass is 402 g/mol. The van der Waals surface area contributed by atoms with Gasteiger partial charge in [0, 0.05) is 12.0 Å². The van der Waals surface area contributed by atoms with Gasteiger partial charge in [0.05, 0.1) is 24.8 Å². The van der Waals surface area contributed by atoms with Crippen LogP contribution in [-0.2, 0) is 4.74 Å². The van der Waals surface area contributed by atoms with Crippen molar-refractivity contribution in [2.45, 2.75) is 19.4 Å². The zero-order valence-electron chi connectivity index (χ0n) is 16.9. The van der Waals surface area contributed by atoms with Gasteiger partial charge in [0.25, 0.3) is 0 Å². The number of ether oxygens (including phenoxy) is 3. The van der Waals surface area contributed by atoms with Crippen LogP contribution in [0.4, 0.5) is 0 Å². The predicted octanol–water partition coefficient (Wildman–Crippen LogP) is 4.92. The molecule has 3 aromatic carbocycles. The highest BCUT2D eigenvalue weighted by atomic mass is 16.5. The fourth-order valence-electron chi connectivity index (χ4n) is 3.58. The lowest BCUT2D eigenvalue weighted by Gasteiger charge is -2.24. The van der Waals surface area contributed by atoms with Crippen LogP contribution in [0.5, 0.6) is 11.5 Å². The minimum atomic E-state index is -0.395. The van der Waals surface area contributed by atoms with Crippen LogP contribution in [0.15, 0.2) is 66.7 Å². The number of benzene rings is 3. The first-order valence-electron chi connectivity index (χ1n) is 9.78. The third kappa shape index (κ3) is 3.79. The van der Waals surface area contributed by atoms with Crippen molar-refractivity contribution in [1.29, 1.82) is 0 Å². The summed E-state index contributed by atoms with van der Waals surface area (Å²) in [6.07, 6.45) is 0.000169. The van der Waals surface area contributed by atoms with Crippen LogP contribution in [-0.4, -0.2) is 25.5 Å². The van der Waals surface area contributed by atoms with Crippen molar-refractivity contribution in [3.8, 4) is 11.5 Å². The van der Waals surface area contributed by atoms with Gasteiger partial charge in [-0.25, -0.2) is 4.79 Å². The van der Waals surface area contributed by atoms with Crippen molar-refractivity contribution in [3.63, 3.8) is 0 Å². The van der Waals surface area contributed by atoms with Crippen LogP contribution in [0.2, 0.25) is 0 Å². The first-order valence-corrected chi connectivity index (χ1v) is 9.78. The van der Waals surface area contributed by atoms with E-state index in [0.29, 0.717) is 35.7 Å². The Morgan fingerprint density at radius 3 is 2.37 bits per heavy atom. The number of esters is 1. The molecule has 0 saturated carbocycles. The van der Waals surface area contributed by atoms with E-state index in [-0.39, 0.29) is 11.8 Å². The molecule has 1 aliphatic rings. The van der Waals surface area contributed by atoms with Crippen LogP contribution in [0.3, 0.4) is 0 Å². The Morgan fingerprint density at radius 2 is 1.67 bits per heavy atom. The van der Waals surface area contributed by atoms with Crippen molar-refractivity contribution in [1.82, 2.24) is 0 Å². The van der Waals surface area contributed by atoms with Gasteiger partial charge < -0.3 is 14.2 Å². The second kappa shape index (κ2) is 8.41. The van der Waals surface area contributed by atoms with E-state index in [1.807, 2.05) is 55.5 Å². The molecule has 0 saturated heterocycles. The Labute approximate surface area is 175 Å². The molecule has 152 valence electrons. The number of carbonyl (C=O) groups is 2. The number of methoxy groups -OCH3 is 1. The average molecular weight is 402 g/mol. The molecule has 0 fully saturated rings. The first-order chi connectivity index (χ1) is 14.6. The maximum Gasteiger partial charge on any atom is 0.337 e. The minimum absolute atomic E-state index is 0.0870.